The fraction of sp³-hybridized carbons (Fsp3) is 0.562. The van der Waals surface area contributed by atoms with Gasteiger partial charge in [0.2, 0.25) is 0 Å². The first-order chi connectivity index (χ1) is 20.5. The van der Waals surface area contributed by atoms with E-state index in [0.29, 0.717) is 23.5 Å². The van der Waals surface area contributed by atoms with E-state index in [9.17, 15) is 9.59 Å². The fourth-order valence-electron chi connectivity index (χ4n) is 6.20. The second kappa shape index (κ2) is 11.8. The largest absolute Gasteiger partial charge is 0.492 e. The minimum Gasteiger partial charge on any atom is -0.492 e. The van der Waals surface area contributed by atoms with Gasteiger partial charge in [0.05, 0.1) is 6.61 Å². The van der Waals surface area contributed by atoms with Crippen molar-refractivity contribution >= 4 is 23.2 Å². The lowest BCUT2D eigenvalue weighted by atomic mass is 9.96. The molecule has 4 atom stereocenters. The number of nitrogens with one attached hydrogen (secondary N) is 2. The van der Waals surface area contributed by atoms with Gasteiger partial charge in [-0.25, -0.2) is 0 Å². The highest BCUT2D eigenvalue weighted by Gasteiger charge is 2.68. The second-order valence-electron chi connectivity index (χ2n) is 12.4. The Balaban J connectivity index is 1.07. The van der Waals surface area contributed by atoms with Crippen LogP contribution in [0.1, 0.15) is 57.3 Å². The van der Waals surface area contributed by atoms with Gasteiger partial charge in [-0.3, -0.25) is 14.5 Å². The van der Waals surface area contributed by atoms with Crippen LogP contribution in [-0.2, 0) is 28.5 Å². The van der Waals surface area contributed by atoms with Gasteiger partial charge >= 0.3 is 0 Å². The van der Waals surface area contributed by atoms with Crippen LogP contribution in [0.2, 0.25) is 0 Å². The van der Waals surface area contributed by atoms with Crippen LogP contribution in [0.15, 0.2) is 48.5 Å². The zero-order valence-electron chi connectivity index (χ0n) is 25.2. The number of hydrogen-bond donors (Lipinski definition) is 2. The predicted molar refractivity (Wildman–Crippen MR) is 158 cm³/mol. The molecule has 4 saturated heterocycles. The van der Waals surface area contributed by atoms with E-state index in [-0.39, 0.29) is 12.5 Å². The first-order valence-corrected chi connectivity index (χ1v) is 15.1. The Morgan fingerprint density at radius 1 is 0.907 bits per heavy atom. The molecular weight excluding hydrogens is 554 g/mol. The van der Waals surface area contributed by atoms with Crippen molar-refractivity contribution in [1.82, 2.24) is 4.90 Å². The number of carbonyl (C=O) groups excluding carboxylic acids is 2. The van der Waals surface area contributed by atoms with E-state index < -0.39 is 41.6 Å². The molecule has 6 rings (SSSR count). The number of rotatable bonds is 8. The number of ether oxygens (including phenoxy) is 6. The molecule has 2 aromatic carbocycles. The summed E-state index contributed by atoms with van der Waals surface area (Å²) in [6, 6.07) is 14.0. The Morgan fingerprint density at radius 3 is 2.37 bits per heavy atom. The number of anilines is 2. The fourth-order valence-corrected chi connectivity index (χ4v) is 6.20. The van der Waals surface area contributed by atoms with Crippen LogP contribution in [0.5, 0.6) is 5.75 Å². The summed E-state index contributed by atoms with van der Waals surface area (Å²) in [5, 5.41) is 5.77. The summed E-state index contributed by atoms with van der Waals surface area (Å²) < 4.78 is 36.2. The first kappa shape index (κ1) is 30.0. The van der Waals surface area contributed by atoms with Crippen LogP contribution in [0.3, 0.4) is 0 Å². The van der Waals surface area contributed by atoms with Crippen LogP contribution in [-0.4, -0.2) is 85.2 Å². The van der Waals surface area contributed by atoms with Gasteiger partial charge in [0.15, 0.2) is 17.7 Å². The quantitative estimate of drug-likeness (QED) is 0.465. The Kier molecular flexibility index (Phi) is 8.22. The monoisotopic (exact) mass is 595 g/mol. The van der Waals surface area contributed by atoms with Crippen molar-refractivity contribution in [3.05, 3.63) is 54.1 Å². The molecule has 4 aliphatic rings. The topological polar surface area (TPSA) is 117 Å². The molecule has 43 heavy (non-hydrogen) atoms. The molecule has 11 heteroatoms. The summed E-state index contributed by atoms with van der Waals surface area (Å²) in [4.78, 5) is 29.1. The van der Waals surface area contributed by atoms with Gasteiger partial charge < -0.3 is 39.1 Å². The number of fused-ring (bicyclic) bond motifs is 3. The van der Waals surface area contributed by atoms with Gasteiger partial charge in [-0.05, 0) is 96.1 Å². The Bertz CT molecular complexity index is 1330. The van der Waals surface area contributed by atoms with Crippen LogP contribution in [0.25, 0.3) is 0 Å². The van der Waals surface area contributed by atoms with Gasteiger partial charge in [0, 0.05) is 23.5 Å². The molecular formula is C32H41N3O8. The number of likely N-dealkylation sites (tertiary alicyclic amines) is 1. The van der Waals surface area contributed by atoms with E-state index in [4.69, 9.17) is 28.4 Å². The molecule has 0 saturated carbocycles. The lowest BCUT2D eigenvalue weighted by Gasteiger charge is -2.39. The van der Waals surface area contributed by atoms with Crippen molar-refractivity contribution in [2.24, 2.45) is 0 Å². The molecule has 0 unspecified atom stereocenters. The van der Waals surface area contributed by atoms with Crippen molar-refractivity contribution in [2.75, 3.05) is 43.5 Å². The Morgan fingerprint density at radius 2 is 1.63 bits per heavy atom. The van der Waals surface area contributed by atoms with Crippen LogP contribution in [0.4, 0.5) is 11.4 Å². The SMILES string of the molecule is CC1(C)O[C@@H]2[C@@H](CO[C@@]3(C(=O)Nc4cccc(NC(=O)c5ccc(OCCN6CCCCC6)cc5)c4)OC(C)(C)O[C@@H]23)O1. The van der Waals surface area contributed by atoms with E-state index in [2.05, 4.69) is 15.5 Å². The van der Waals surface area contributed by atoms with Gasteiger partial charge in [0.25, 0.3) is 17.6 Å². The number of nitrogens with zero attached hydrogens (tertiary/aromatic N) is 1. The summed E-state index contributed by atoms with van der Waals surface area (Å²) in [7, 11) is 0. The van der Waals surface area contributed by atoms with Crippen molar-refractivity contribution < 1.29 is 38.0 Å². The maximum atomic E-state index is 13.7. The van der Waals surface area contributed by atoms with E-state index in [0.717, 1.165) is 25.4 Å². The van der Waals surface area contributed by atoms with E-state index in [1.807, 2.05) is 13.8 Å². The molecule has 4 aliphatic heterocycles. The molecule has 4 fully saturated rings. The van der Waals surface area contributed by atoms with Crippen molar-refractivity contribution in [3.8, 4) is 5.75 Å². The molecule has 11 nitrogen and oxygen atoms in total. The third-order valence-corrected chi connectivity index (χ3v) is 8.10. The summed E-state index contributed by atoms with van der Waals surface area (Å²) in [5.41, 5.74) is 1.46. The third kappa shape index (κ3) is 6.57. The van der Waals surface area contributed by atoms with Crippen molar-refractivity contribution in [3.63, 3.8) is 0 Å². The van der Waals surface area contributed by atoms with Crippen molar-refractivity contribution in [1.29, 1.82) is 0 Å². The molecule has 0 radical (unpaired) electrons. The minimum atomic E-state index is -1.73. The highest BCUT2D eigenvalue weighted by molar-refractivity contribution is 6.05. The van der Waals surface area contributed by atoms with Crippen LogP contribution in [0, 0.1) is 0 Å². The summed E-state index contributed by atoms with van der Waals surface area (Å²) in [6.07, 6.45) is 2.03. The molecule has 2 amide bonds. The van der Waals surface area contributed by atoms with Gasteiger partial charge in [-0.1, -0.05) is 12.5 Å². The Labute approximate surface area is 252 Å². The maximum absolute atomic E-state index is 13.7. The van der Waals surface area contributed by atoms with E-state index in [1.165, 1.54) is 19.3 Å². The highest BCUT2D eigenvalue weighted by Crippen LogP contribution is 2.48. The zero-order valence-corrected chi connectivity index (χ0v) is 25.2. The smallest absolute Gasteiger partial charge is 0.287 e. The molecule has 0 bridgehead atoms. The summed E-state index contributed by atoms with van der Waals surface area (Å²) >= 11 is 0. The highest BCUT2D eigenvalue weighted by atomic mass is 16.9. The standard InChI is InChI=1S/C32H41N3O8/c1-30(2)40-25-20-39-32(27(26(25)41-30)42-31(3,4)43-32)29(37)34-23-10-8-9-22(19-23)33-28(36)21-11-13-24(14-12-21)38-18-17-35-15-6-5-7-16-35/h8-14,19,25-27H,5-7,15-18,20H2,1-4H3,(H,33,36)(H,34,37)/t25-,26-,27+,32-/m1/s1. The lowest BCUT2D eigenvalue weighted by molar-refractivity contribution is -0.264. The Hall–Kier alpha value is -3.06. The third-order valence-electron chi connectivity index (χ3n) is 8.10. The molecule has 232 valence electrons. The number of carbonyl (C=O) groups is 2. The predicted octanol–water partition coefficient (Wildman–Crippen LogP) is 4.14. The molecule has 0 aliphatic carbocycles. The number of hydrogen-bond acceptors (Lipinski definition) is 9. The van der Waals surface area contributed by atoms with Crippen LogP contribution < -0.4 is 15.4 Å². The number of amides is 2. The zero-order chi connectivity index (χ0) is 30.2. The van der Waals surface area contributed by atoms with Crippen LogP contribution >= 0.6 is 0 Å². The molecule has 0 aromatic heterocycles. The van der Waals surface area contributed by atoms with Gasteiger partial charge in [-0.15, -0.1) is 0 Å². The molecule has 2 aromatic rings. The van der Waals surface area contributed by atoms with Gasteiger partial charge in [0.1, 0.15) is 24.6 Å². The molecule has 4 heterocycles. The van der Waals surface area contributed by atoms with Crippen molar-refractivity contribution in [2.45, 2.75) is 82.6 Å². The molecule has 2 N–H and O–H groups in total. The lowest BCUT2D eigenvalue weighted by Crippen LogP contribution is -2.63. The second-order valence-corrected chi connectivity index (χ2v) is 12.4. The number of benzene rings is 2. The normalized spacial score (nSPS) is 29.3. The summed E-state index contributed by atoms with van der Waals surface area (Å²) in [6.45, 7) is 11.0. The minimum absolute atomic E-state index is 0.107. The van der Waals surface area contributed by atoms with Gasteiger partial charge in [-0.2, -0.15) is 0 Å². The first-order valence-electron chi connectivity index (χ1n) is 15.1. The average molecular weight is 596 g/mol. The number of piperidine rings is 1. The summed E-state index contributed by atoms with van der Waals surface area (Å²) in [5.74, 6) is -3.74. The average Bonchev–Trinajstić information content (AvgIpc) is 3.45. The molecule has 0 spiro atoms. The van der Waals surface area contributed by atoms with E-state index >= 15 is 0 Å². The maximum Gasteiger partial charge on any atom is 0.287 e. The van der Waals surface area contributed by atoms with E-state index in [1.54, 1.807) is 62.4 Å².